The topological polar surface area (TPSA) is 60.9 Å². The molecular formula is C14H20N2O3. The zero-order chi connectivity index (χ0) is 14.4. The Morgan fingerprint density at radius 1 is 1.21 bits per heavy atom. The van der Waals surface area contributed by atoms with E-state index in [4.69, 9.17) is 0 Å². The minimum Gasteiger partial charge on any atom is -0.508 e. The standard InChI is InChI=1S/C14H20N2O3/c1-4-16(10-14(19)15(2)3)13(18)9-11-6-5-7-12(17)8-11/h5-8,17H,4,9-10H2,1-3H3. The van der Waals surface area contributed by atoms with Gasteiger partial charge >= 0.3 is 0 Å². The summed E-state index contributed by atoms with van der Waals surface area (Å²) in [6.07, 6.45) is 0.183. The number of amides is 2. The second-order valence-electron chi connectivity index (χ2n) is 4.54. The van der Waals surface area contributed by atoms with Crippen LogP contribution in [0, 0.1) is 0 Å². The maximum absolute atomic E-state index is 12.1. The van der Waals surface area contributed by atoms with Gasteiger partial charge in [-0.15, -0.1) is 0 Å². The van der Waals surface area contributed by atoms with Crippen LogP contribution in [0.25, 0.3) is 0 Å². The molecule has 0 atom stereocenters. The first-order chi connectivity index (χ1) is 8.93. The molecule has 0 fully saturated rings. The Balaban J connectivity index is 2.66. The number of phenols is 1. The zero-order valence-corrected chi connectivity index (χ0v) is 11.6. The number of hydrogen-bond acceptors (Lipinski definition) is 3. The summed E-state index contributed by atoms with van der Waals surface area (Å²) in [4.78, 5) is 26.7. The van der Waals surface area contributed by atoms with Crippen LogP contribution in [-0.2, 0) is 16.0 Å². The molecule has 0 aromatic heterocycles. The van der Waals surface area contributed by atoms with Crippen LogP contribution in [0.2, 0.25) is 0 Å². The van der Waals surface area contributed by atoms with E-state index >= 15 is 0 Å². The number of aromatic hydroxyl groups is 1. The smallest absolute Gasteiger partial charge is 0.241 e. The highest BCUT2D eigenvalue weighted by Gasteiger charge is 2.16. The van der Waals surface area contributed by atoms with Gasteiger partial charge in [0.05, 0.1) is 13.0 Å². The molecule has 0 aliphatic carbocycles. The summed E-state index contributed by atoms with van der Waals surface area (Å²) in [7, 11) is 3.33. The Morgan fingerprint density at radius 2 is 1.89 bits per heavy atom. The predicted octanol–water partition coefficient (Wildman–Crippen LogP) is 0.871. The number of rotatable bonds is 5. The fourth-order valence-corrected chi connectivity index (χ4v) is 1.63. The third-order valence-electron chi connectivity index (χ3n) is 2.83. The van der Waals surface area contributed by atoms with Crippen LogP contribution in [0.15, 0.2) is 24.3 Å². The highest BCUT2D eigenvalue weighted by atomic mass is 16.3. The Morgan fingerprint density at radius 3 is 2.42 bits per heavy atom. The summed E-state index contributed by atoms with van der Waals surface area (Å²) < 4.78 is 0. The molecule has 0 bridgehead atoms. The number of phenolic OH excluding ortho intramolecular Hbond substituents is 1. The van der Waals surface area contributed by atoms with Crippen LogP contribution >= 0.6 is 0 Å². The van der Waals surface area contributed by atoms with Gasteiger partial charge in [-0.1, -0.05) is 12.1 Å². The van der Waals surface area contributed by atoms with Gasteiger partial charge in [0, 0.05) is 20.6 Å². The Bertz CT molecular complexity index is 458. The van der Waals surface area contributed by atoms with Gasteiger partial charge in [0.1, 0.15) is 5.75 Å². The van der Waals surface area contributed by atoms with Crippen molar-refractivity contribution >= 4 is 11.8 Å². The van der Waals surface area contributed by atoms with Crippen molar-refractivity contribution in [2.75, 3.05) is 27.2 Å². The van der Waals surface area contributed by atoms with Gasteiger partial charge in [-0.25, -0.2) is 0 Å². The number of hydrogen-bond donors (Lipinski definition) is 1. The summed E-state index contributed by atoms with van der Waals surface area (Å²) in [5, 5.41) is 9.35. The molecule has 0 spiro atoms. The largest absolute Gasteiger partial charge is 0.508 e. The normalized spacial score (nSPS) is 10.1. The lowest BCUT2D eigenvalue weighted by Gasteiger charge is -2.22. The number of carbonyl (C=O) groups is 2. The molecule has 5 heteroatoms. The van der Waals surface area contributed by atoms with E-state index in [0.29, 0.717) is 6.54 Å². The molecule has 0 saturated carbocycles. The molecule has 0 unspecified atom stereocenters. The SMILES string of the molecule is CCN(CC(=O)N(C)C)C(=O)Cc1cccc(O)c1. The highest BCUT2D eigenvalue weighted by molar-refractivity contribution is 5.85. The van der Waals surface area contributed by atoms with Crippen LogP contribution in [0.5, 0.6) is 5.75 Å². The van der Waals surface area contributed by atoms with E-state index in [0.717, 1.165) is 5.56 Å². The van der Waals surface area contributed by atoms with Gasteiger partial charge < -0.3 is 14.9 Å². The fourth-order valence-electron chi connectivity index (χ4n) is 1.63. The van der Waals surface area contributed by atoms with Crippen molar-refractivity contribution < 1.29 is 14.7 Å². The number of benzene rings is 1. The van der Waals surface area contributed by atoms with Gasteiger partial charge in [0.2, 0.25) is 11.8 Å². The summed E-state index contributed by atoms with van der Waals surface area (Å²) in [5.41, 5.74) is 0.737. The average Bonchev–Trinajstić information content (AvgIpc) is 2.35. The molecule has 104 valence electrons. The molecule has 19 heavy (non-hydrogen) atoms. The van der Waals surface area contributed by atoms with Crippen LogP contribution in [0.1, 0.15) is 12.5 Å². The maximum atomic E-state index is 12.1. The molecule has 5 nitrogen and oxygen atoms in total. The molecule has 0 heterocycles. The first-order valence-electron chi connectivity index (χ1n) is 6.20. The van der Waals surface area contributed by atoms with Gasteiger partial charge in [0.25, 0.3) is 0 Å². The summed E-state index contributed by atoms with van der Waals surface area (Å²) in [6, 6.07) is 6.58. The van der Waals surface area contributed by atoms with E-state index in [2.05, 4.69) is 0 Å². The van der Waals surface area contributed by atoms with E-state index in [9.17, 15) is 14.7 Å². The van der Waals surface area contributed by atoms with Gasteiger partial charge in [-0.2, -0.15) is 0 Å². The van der Waals surface area contributed by atoms with E-state index < -0.39 is 0 Å². The van der Waals surface area contributed by atoms with Gasteiger partial charge in [-0.3, -0.25) is 9.59 Å². The van der Waals surface area contributed by atoms with Crippen LogP contribution in [0.4, 0.5) is 0 Å². The molecule has 0 aliphatic heterocycles. The van der Waals surface area contributed by atoms with E-state index in [-0.39, 0.29) is 30.5 Å². The fraction of sp³-hybridized carbons (Fsp3) is 0.429. The van der Waals surface area contributed by atoms with Crippen molar-refractivity contribution in [2.24, 2.45) is 0 Å². The van der Waals surface area contributed by atoms with Gasteiger partial charge in [-0.05, 0) is 24.6 Å². The zero-order valence-electron chi connectivity index (χ0n) is 11.6. The molecule has 2 amide bonds. The predicted molar refractivity (Wildman–Crippen MR) is 72.8 cm³/mol. The van der Waals surface area contributed by atoms with Gasteiger partial charge in [0.15, 0.2) is 0 Å². The van der Waals surface area contributed by atoms with Crippen LogP contribution in [0.3, 0.4) is 0 Å². The number of nitrogens with zero attached hydrogens (tertiary/aromatic N) is 2. The third-order valence-corrected chi connectivity index (χ3v) is 2.83. The average molecular weight is 264 g/mol. The Kier molecular flexibility index (Phi) is 5.36. The minimum absolute atomic E-state index is 0.0845. The van der Waals surface area contributed by atoms with Crippen LogP contribution < -0.4 is 0 Å². The number of carbonyl (C=O) groups excluding carboxylic acids is 2. The quantitative estimate of drug-likeness (QED) is 0.858. The lowest BCUT2D eigenvalue weighted by Crippen LogP contribution is -2.40. The van der Waals surface area contributed by atoms with Crippen molar-refractivity contribution in [2.45, 2.75) is 13.3 Å². The molecule has 0 radical (unpaired) electrons. The third kappa shape index (κ3) is 4.62. The van der Waals surface area contributed by atoms with Crippen molar-refractivity contribution in [1.29, 1.82) is 0 Å². The van der Waals surface area contributed by atoms with E-state index in [1.165, 1.54) is 9.80 Å². The van der Waals surface area contributed by atoms with E-state index in [1.54, 1.807) is 38.4 Å². The summed E-state index contributed by atoms with van der Waals surface area (Å²) in [5.74, 6) is -0.0906. The first-order valence-corrected chi connectivity index (χ1v) is 6.20. The maximum Gasteiger partial charge on any atom is 0.241 e. The van der Waals surface area contributed by atoms with E-state index in [1.807, 2.05) is 6.92 Å². The molecule has 0 aliphatic rings. The summed E-state index contributed by atoms with van der Waals surface area (Å²) in [6.45, 7) is 2.40. The second-order valence-corrected chi connectivity index (χ2v) is 4.54. The lowest BCUT2D eigenvalue weighted by atomic mass is 10.1. The van der Waals surface area contributed by atoms with Crippen molar-refractivity contribution in [1.82, 2.24) is 9.80 Å². The second kappa shape index (κ2) is 6.78. The molecule has 0 saturated heterocycles. The lowest BCUT2D eigenvalue weighted by molar-refractivity contribution is -0.138. The molecule has 1 rings (SSSR count). The molecule has 1 aromatic carbocycles. The van der Waals surface area contributed by atoms with Crippen molar-refractivity contribution in [3.8, 4) is 5.75 Å². The van der Waals surface area contributed by atoms with Crippen molar-refractivity contribution in [3.05, 3.63) is 29.8 Å². The van der Waals surface area contributed by atoms with Crippen LogP contribution in [-0.4, -0.2) is 53.9 Å². The first kappa shape index (κ1) is 15.0. The van der Waals surface area contributed by atoms with Crippen molar-refractivity contribution in [3.63, 3.8) is 0 Å². The number of likely N-dealkylation sites (N-methyl/N-ethyl adjacent to an activating group) is 2. The highest BCUT2D eigenvalue weighted by Crippen LogP contribution is 2.12. The monoisotopic (exact) mass is 264 g/mol. The Labute approximate surface area is 113 Å². The molecule has 1 aromatic rings. The minimum atomic E-state index is -0.122. The molecule has 1 N–H and O–H groups in total. The summed E-state index contributed by atoms with van der Waals surface area (Å²) >= 11 is 0. The molecular weight excluding hydrogens is 244 g/mol. The Hall–Kier alpha value is -2.04.